The van der Waals surface area contributed by atoms with E-state index in [0.717, 1.165) is 37.7 Å². The third-order valence-corrected chi connectivity index (χ3v) is 2.31. The van der Waals surface area contributed by atoms with E-state index >= 15 is 0 Å². The lowest BCUT2D eigenvalue weighted by atomic mass is 10.5. The van der Waals surface area contributed by atoms with Crippen molar-refractivity contribution >= 4 is 11.6 Å². The molecule has 2 N–H and O–H groups in total. The van der Waals surface area contributed by atoms with Crippen LogP contribution in [0.2, 0.25) is 0 Å². The lowest BCUT2D eigenvalue weighted by Crippen LogP contribution is -2.12. The maximum atomic E-state index is 4.40. The summed E-state index contributed by atoms with van der Waals surface area (Å²) < 4.78 is 1.76. The molecule has 0 saturated carbocycles. The molecule has 0 aliphatic carbocycles. The van der Waals surface area contributed by atoms with Crippen LogP contribution in [-0.2, 0) is 6.54 Å². The van der Waals surface area contributed by atoms with Gasteiger partial charge in [0, 0.05) is 19.3 Å². The predicted octanol–water partition coefficient (Wildman–Crippen LogP) is 1.00. The average molecular weight is 247 g/mol. The van der Waals surface area contributed by atoms with E-state index < -0.39 is 0 Å². The third kappa shape index (κ3) is 3.69. The minimum Gasteiger partial charge on any atom is -0.369 e. The molecule has 2 heterocycles. The van der Waals surface area contributed by atoms with Crippen LogP contribution in [0.15, 0.2) is 24.8 Å². The summed E-state index contributed by atoms with van der Waals surface area (Å²) in [4.78, 5) is 8.53. The number of nitrogens with one attached hydrogen (secondary N) is 2. The van der Waals surface area contributed by atoms with Gasteiger partial charge in [-0.3, -0.25) is 9.67 Å². The summed E-state index contributed by atoms with van der Waals surface area (Å²) in [6.45, 7) is 4.49. The van der Waals surface area contributed by atoms with Gasteiger partial charge < -0.3 is 10.6 Å². The number of hydrogen-bond donors (Lipinski definition) is 2. The Hall–Kier alpha value is -2.18. The summed E-state index contributed by atoms with van der Waals surface area (Å²) >= 11 is 0. The molecule has 0 unspecified atom stereocenters. The molecule has 2 rings (SSSR count). The van der Waals surface area contributed by atoms with E-state index in [1.165, 1.54) is 0 Å². The summed E-state index contributed by atoms with van der Waals surface area (Å²) in [6.07, 6.45) is 7.98. The van der Waals surface area contributed by atoms with Gasteiger partial charge in [-0.15, -0.1) is 5.10 Å². The zero-order valence-electron chi connectivity index (χ0n) is 10.4. The van der Waals surface area contributed by atoms with E-state index in [2.05, 4.69) is 37.8 Å². The second-order valence-corrected chi connectivity index (χ2v) is 3.81. The fourth-order valence-electron chi connectivity index (χ4n) is 1.44. The second-order valence-electron chi connectivity index (χ2n) is 3.81. The van der Waals surface area contributed by atoms with Gasteiger partial charge in [-0.25, -0.2) is 4.98 Å². The van der Waals surface area contributed by atoms with Crippen LogP contribution in [-0.4, -0.2) is 38.1 Å². The molecule has 0 amide bonds. The van der Waals surface area contributed by atoms with Crippen LogP contribution in [0.25, 0.3) is 0 Å². The predicted molar refractivity (Wildman–Crippen MR) is 69.3 cm³/mol. The zero-order chi connectivity index (χ0) is 12.6. The van der Waals surface area contributed by atoms with Crippen LogP contribution in [0.3, 0.4) is 0 Å². The molecule has 0 aromatic carbocycles. The lowest BCUT2D eigenvalue weighted by molar-refractivity contribution is 0.608. The van der Waals surface area contributed by atoms with Crippen LogP contribution >= 0.6 is 0 Å². The molecule has 0 saturated heterocycles. The molecule has 0 fully saturated rings. The second kappa shape index (κ2) is 6.53. The molecule has 0 aliphatic heterocycles. The lowest BCUT2D eigenvalue weighted by Gasteiger charge is -2.07. The highest BCUT2D eigenvalue weighted by Crippen LogP contribution is 2.06. The van der Waals surface area contributed by atoms with E-state index in [9.17, 15) is 0 Å². The molecule has 0 aliphatic rings. The van der Waals surface area contributed by atoms with Crippen molar-refractivity contribution in [2.75, 3.05) is 23.7 Å². The van der Waals surface area contributed by atoms with E-state index in [0.29, 0.717) is 0 Å². The zero-order valence-corrected chi connectivity index (χ0v) is 10.4. The summed E-state index contributed by atoms with van der Waals surface area (Å²) in [7, 11) is 0. The van der Waals surface area contributed by atoms with Crippen LogP contribution in [0, 0.1) is 0 Å². The van der Waals surface area contributed by atoms with Gasteiger partial charge in [-0.2, -0.15) is 0 Å². The Labute approximate surface area is 106 Å². The Morgan fingerprint density at radius 2 is 1.94 bits per heavy atom. The van der Waals surface area contributed by atoms with Crippen molar-refractivity contribution in [3.05, 3.63) is 24.8 Å². The monoisotopic (exact) mass is 247 g/mol. The highest BCUT2D eigenvalue weighted by Gasteiger charge is 1.98. The fourth-order valence-corrected chi connectivity index (χ4v) is 1.44. The Kier molecular flexibility index (Phi) is 4.46. The van der Waals surface area contributed by atoms with Gasteiger partial charge in [-0.1, -0.05) is 12.1 Å². The Balaban J connectivity index is 1.81. The highest BCUT2D eigenvalue weighted by molar-refractivity contribution is 5.41. The molecule has 7 nitrogen and oxygen atoms in total. The van der Waals surface area contributed by atoms with E-state index in [4.69, 9.17) is 0 Å². The van der Waals surface area contributed by atoms with Crippen molar-refractivity contribution in [3.63, 3.8) is 0 Å². The molecule has 7 heteroatoms. The van der Waals surface area contributed by atoms with Gasteiger partial charge in [0.25, 0.3) is 0 Å². The number of rotatable bonds is 7. The minimum absolute atomic E-state index is 0.731. The molecular weight excluding hydrogens is 230 g/mol. The van der Waals surface area contributed by atoms with Gasteiger partial charge >= 0.3 is 0 Å². The van der Waals surface area contributed by atoms with Crippen LogP contribution in [0.1, 0.15) is 13.3 Å². The maximum Gasteiger partial charge on any atom is 0.147 e. The Morgan fingerprint density at radius 1 is 1.17 bits per heavy atom. The molecule has 0 atom stereocenters. The quantitative estimate of drug-likeness (QED) is 0.759. The summed E-state index contributed by atoms with van der Waals surface area (Å²) in [5, 5.41) is 14.0. The number of hydrogen-bond acceptors (Lipinski definition) is 6. The number of nitrogens with zero attached hydrogens (tertiary/aromatic N) is 5. The molecule has 2 aromatic heterocycles. The number of aromatic nitrogens is 5. The van der Waals surface area contributed by atoms with Gasteiger partial charge in [0.2, 0.25) is 0 Å². The van der Waals surface area contributed by atoms with Crippen LogP contribution in [0.5, 0.6) is 0 Å². The summed E-state index contributed by atoms with van der Waals surface area (Å²) in [6, 6.07) is 0. The van der Waals surface area contributed by atoms with Gasteiger partial charge in [0.05, 0.1) is 25.1 Å². The van der Waals surface area contributed by atoms with Crippen molar-refractivity contribution in [2.45, 2.75) is 19.9 Å². The molecule has 18 heavy (non-hydrogen) atoms. The Morgan fingerprint density at radius 3 is 2.61 bits per heavy atom. The van der Waals surface area contributed by atoms with Crippen molar-refractivity contribution < 1.29 is 0 Å². The smallest absolute Gasteiger partial charge is 0.147 e. The largest absolute Gasteiger partial charge is 0.369 e. The normalized spacial score (nSPS) is 10.3. The average Bonchev–Trinajstić information content (AvgIpc) is 2.90. The minimum atomic E-state index is 0.731. The van der Waals surface area contributed by atoms with Gasteiger partial charge in [-0.05, 0) is 6.42 Å². The SMILES string of the molecule is CCCNc1cncc(NCCn2ccnn2)n1. The number of anilines is 2. The van der Waals surface area contributed by atoms with E-state index in [1.54, 1.807) is 23.3 Å². The highest BCUT2D eigenvalue weighted by atomic mass is 15.4. The van der Waals surface area contributed by atoms with Gasteiger partial charge in [0.15, 0.2) is 0 Å². The summed E-state index contributed by atoms with van der Waals surface area (Å²) in [5.74, 6) is 1.55. The van der Waals surface area contributed by atoms with E-state index in [-0.39, 0.29) is 0 Å². The van der Waals surface area contributed by atoms with Crippen molar-refractivity contribution in [1.29, 1.82) is 0 Å². The molecule has 2 aromatic rings. The first-order valence-corrected chi connectivity index (χ1v) is 6.02. The maximum absolute atomic E-state index is 4.40. The molecule has 0 radical (unpaired) electrons. The van der Waals surface area contributed by atoms with Crippen LogP contribution in [0.4, 0.5) is 11.6 Å². The topological polar surface area (TPSA) is 80.5 Å². The molecule has 0 bridgehead atoms. The van der Waals surface area contributed by atoms with Crippen LogP contribution < -0.4 is 10.6 Å². The van der Waals surface area contributed by atoms with Crippen molar-refractivity contribution in [3.8, 4) is 0 Å². The summed E-state index contributed by atoms with van der Waals surface area (Å²) in [5.41, 5.74) is 0. The molecule has 96 valence electrons. The fraction of sp³-hybridized carbons (Fsp3) is 0.455. The molecule has 0 spiro atoms. The van der Waals surface area contributed by atoms with E-state index in [1.807, 2.05) is 6.20 Å². The van der Waals surface area contributed by atoms with Gasteiger partial charge in [0.1, 0.15) is 11.6 Å². The molecular formula is C11H17N7. The Bertz CT molecular complexity index is 454. The third-order valence-electron chi connectivity index (χ3n) is 2.31. The first kappa shape index (κ1) is 12.3. The van der Waals surface area contributed by atoms with Crippen molar-refractivity contribution in [1.82, 2.24) is 25.0 Å². The first-order chi connectivity index (χ1) is 8.88. The van der Waals surface area contributed by atoms with Crippen molar-refractivity contribution in [2.24, 2.45) is 0 Å². The standard InChI is InChI=1S/C11H17N7/c1-2-3-13-10-8-12-9-11(16-10)14-4-6-18-7-5-15-17-18/h5,7-9H,2-4,6H2,1H3,(H2,13,14,16). The first-order valence-electron chi connectivity index (χ1n) is 6.02.